The predicted octanol–water partition coefficient (Wildman–Crippen LogP) is 9.03. The largest absolute Gasteiger partial charge is 0.367 e. The van der Waals surface area contributed by atoms with E-state index in [2.05, 4.69) is 79.7 Å². The minimum absolute atomic E-state index is 0.126. The van der Waals surface area contributed by atoms with E-state index < -0.39 is 0 Å². The predicted molar refractivity (Wildman–Crippen MR) is 139 cm³/mol. The fraction of sp³-hybridized carbons (Fsp3) is 0.733. The Labute approximate surface area is 199 Å². The van der Waals surface area contributed by atoms with Gasteiger partial charge in [-0.3, -0.25) is 0 Å². The zero-order valence-electron chi connectivity index (χ0n) is 22.4. The first-order valence-electron chi connectivity index (χ1n) is 13.0. The first-order chi connectivity index (χ1) is 15.0. The Kier molecular flexibility index (Phi) is 10.5. The van der Waals surface area contributed by atoms with E-state index >= 15 is 0 Å². The van der Waals surface area contributed by atoms with Crippen LogP contribution in [0.1, 0.15) is 120 Å². The summed E-state index contributed by atoms with van der Waals surface area (Å²) < 4.78 is 11.7. The number of hydrogen-bond acceptors (Lipinski definition) is 2. The second kappa shape index (κ2) is 12.4. The summed E-state index contributed by atoms with van der Waals surface area (Å²) in [7, 11) is 0. The van der Waals surface area contributed by atoms with Gasteiger partial charge in [0.05, 0.1) is 23.4 Å². The van der Waals surface area contributed by atoms with Gasteiger partial charge in [-0.2, -0.15) is 0 Å². The highest BCUT2D eigenvalue weighted by Crippen LogP contribution is 2.43. The highest BCUT2D eigenvalue weighted by atomic mass is 16.6. The molecule has 182 valence electrons. The van der Waals surface area contributed by atoms with Crippen LogP contribution in [0.15, 0.2) is 46.6 Å². The molecule has 0 aromatic heterocycles. The third kappa shape index (κ3) is 10.2. The Hall–Kier alpha value is -1.12. The zero-order chi connectivity index (χ0) is 23.8. The van der Waals surface area contributed by atoms with Crippen LogP contribution in [-0.4, -0.2) is 23.4 Å². The van der Waals surface area contributed by atoms with Crippen molar-refractivity contribution in [2.75, 3.05) is 0 Å². The third-order valence-corrected chi connectivity index (χ3v) is 7.18. The second-order valence-electron chi connectivity index (χ2n) is 11.3. The van der Waals surface area contributed by atoms with Crippen molar-refractivity contribution in [3.05, 3.63) is 46.6 Å². The van der Waals surface area contributed by atoms with Crippen molar-refractivity contribution < 1.29 is 9.47 Å². The minimum Gasteiger partial charge on any atom is -0.367 e. The van der Waals surface area contributed by atoms with Crippen LogP contribution in [0.4, 0.5) is 0 Å². The summed E-state index contributed by atoms with van der Waals surface area (Å²) in [5.41, 5.74) is 6.20. The van der Waals surface area contributed by atoms with Gasteiger partial charge in [-0.1, -0.05) is 46.6 Å². The second-order valence-corrected chi connectivity index (χ2v) is 11.3. The first-order valence-corrected chi connectivity index (χ1v) is 13.0. The molecular weight excluding hydrogens is 392 g/mol. The molecule has 0 aromatic rings. The van der Waals surface area contributed by atoms with Gasteiger partial charge in [0.15, 0.2) is 0 Å². The van der Waals surface area contributed by atoms with Crippen LogP contribution in [0.2, 0.25) is 0 Å². The molecular formula is C30H50O2. The standard InChI is InChI=1S/C30H50O2/c1-23(2)13-12-22-30(8)28(32-30)21-19-25(4)15-10-9-14-24(3)16-11-17-26(5)18-20-27-29(6,7)31-27/h13-15,17,27-28H,9-12,16,18-22H2,1-8H3/b24-14+,25-15+,26-17+/t27-,28-,30-/m0/s1. The lowest BCUT2D eigenvalue weighted by Crippen LogP contribution is -2.09. The molecule has 3 atom stereocenters. The molecule has 2 heteroatoms. The molecule has 0 spiro atoms. The lowest BCUT2D eigenvalue weighted by molar-refractivity contribution is 0.295. The van der Waals surface area contributed by atoms with Crippen molar-refractivity contribution in [1.82, 2.24) is 0 Å². The highest BCUT2D eigenvalue weighted by molar-refractivity contribution is 5.08. The molecule has 0 aliphatic carbocycles. The third-order valence-electron chi connectivity index (χ3n) is 7.18. The molecule has 2 nitrogen and oxygen atoms in total. The van der Waals surface area contributed by atoms with Crippen molar-refractivity contribution in [3.63, 3.8) is 0 Å². The van der Waals surface area contributed by atoms with Crippen molar-refractivity contribution in [3.8, 4) is 0 Å². The molecule has 2 aliphatic rings. The van der Waals surface area contributed by atoms with E-state index in [1.165, 1.54) is 48.0 Å². The highest BCUT2D eigenvalue weighted by Gasteiger charge is 2.50. The van der Waals surface area contributed by atoms with E-state index in [9.17, 15) is 0 Å². The molecule has 0 amide bonds. The molecule has 0 saturated carbocycles. The van der Waals surface area contributed by atoms with Crippen LogP contribution in [0.3, 0.4) is 0 Å². The van der Waals surface area contributed by atoms with E-state index in [0.717, 1.165) is 38.5 Å². The topological polar surface area (TPSA) is 25.1 Å². The monoisotopic (exact) mass is 442 g/mol. The van der Waals surface area contributed by atoms with Gasteiger partial charge in [-0.05, 0) is 120 Å². The fourth-order valence-electron chi connectivity index (χ4n) is 4.49. The first kappa shape index (κ1) is 27.1. The van der Waals surface area contributed by atoms with Gasteiger partial charge in [-0.25, -0.2) is 0 Å². The van der Waals surface area contributed by atoms with Crippen LogP contribution >= 0.6 is 0 Å². The number of ether oxygens (including phenoxy) is 2. The molecule has 0 radical (unpaired) electrons. The summed E-state index contributed by atoms with van der Waals surface area (Å²) in [4.78, 5) is 0. The van der Waals surface area contributed by atoms with Gasteiger partial charge in [-0.15, -0.1) is 0 Å². The van der Waals surface area contributed by atoms with Crippen molar-refractivity contribution in [2.45, 2.75) is 143 Å². The Bertz CT molecular complexity index is 717. The fourth-order valence-corrected chi connectivity index (χ4v) is 4.49. The van der Waals surface area contributed by atoms with E-state index in [1.54, 1.807) is 0 Å². The van der Waals surface area contributed by atoms with Gasteiger partial charge in [0, 0.05) is 0 Å². The average Bonchev–Trinajstić information content (AvgIpc) is 3.55. The molecule has 2 saturated heterocycles. The van der Waals surface area contributed by atoms with Crippen LogP contribution in [0.25, 0.3) is 0 Å². The maximum absolute atomic E-state index is 6.01. The number of epoxide rings is 2. The normalized spacial score (nSPS) is 27.4. The summed E-state index contributed by atoms with van der Waals surface area (Å²) >= 11 is 0. The Morgan fingerprint density at radius 2 is 1.12 bits per heavy atom. The number of rotatable bonds is 15. The summed E-state index contributed by atoms with van der Waals surface area (Å²) in [6.45, 7) is 17.8. The van der Waals surface area contributed by atoms with Crippen LogP contribution in [0, 0.1) is 0 Å². The van der Waals surface area contributed by atoms with Gasteiger partial charge in [0.1, 0.15) is 0 Å². The van der Waals surface area contributed by atoms with Crippen LogP contribution < -0.4 is 0 Å². The minimum atomic E-state index is 0.126. The maximum Gasteiger partial charge on any atom is 0.0923 e. The van der Waals surface area contributed by atoms with Crippen LogP contribution in [0.5, 0.6) is 0 Å². The molecule has 0 unspecified atom stereocenters. The smallest absolute Gasteiger partial charge is 0.0923 e. The maximum atomic E-state index is 6.01. The average molecular weight is 443 g/mol. The molecule has 32 heavy (non-hydrogen) atoms. The Morgan fingerprint density at radius 3 is 1.66 bits per heavy atom. The zero-order valence-corrected chi connectivity index (χ0v) is 22.4. The summed E-state index contributed by atoms with van der Waals surface area (Å²) in [6, 6.07) is 0. The molecule has 2 heterocycles. The molecule has 2 rings (SSSR count). The van der Waals surface area contributed by atoms with Gasteiger partial charge < -0.3 is 9.47 Å². The number of hydrogen-bond donors (Lipinski definition) is 0. The van der Waals surface area contributed by atoms with E-state index in [0.29, 0.717) is 12.2 Å². The Balaban J connectivity index is 1.54. The van der Waals surface area contributed by atoms with Gasteiger partial charge >= 0.3 is 0 Å². The lowest BCUT2D eigenvalue weighted by Gasteiger charge is -2.05. The SMILES string of the molecule is CC(C)=CCC[C@]1(C)O[C@H]1CC/C(C)=C/CC/C=C(\C)CC/C=C(\C)CC[C@@H]1OC1(C)C. The molecule has 0 aromatic carbocycles. The molecule has 0 bridgehead atoms. The lowest BCUT2D eigenvalue weighted by atomic mass is 9.96. The van der Waals surface area contributed by atoms with E-state index in [4.69, 9.17) is 9.47 Å². The van der Waals surface area contributed by atoms with Gasteiger partial charge in [0.25, 0.3) is 0 Å². The molecule has 0 N–H and O–H groups in total. The van der Waals surface area contributed by atoms with Crippen molar-refractivity contribution in [2.24, 2.45) is 0 Å². The molecule has 2 aliphatic heterocycles. The van der Waals surface area contributed by atoms with Crippen LogP contribution in [-0.2, 0) is 9.47 Å². The number of allylic oxidation sites excluding steroid dienone is 8. The van der Waals surface area contributed by atoms with Crippen molar-refractivity contribution >= 4 is 0 Å². The van der Waals surface area contributed by atoms with E-state index in [-0.39, 0.29) is 11.2 Å². The number of unbranched alkanes of at least 4 members (excludes halogenated alkanes) is 1. The quantitative estimate of drug-likeness (QED) is 0.143. The summed E-state index contributed by atoms with van der Waals surface area (Å²) in [6.07, 6.45) is 22.1. The molecule has 2 fully saturated rings. The Morgan fingerprint density at radius 1 is 0.625 bits per heavy atom. The van der Waals surface area contributed by atoms with Gasteiger partial charge in [0.2, 0.25) is 0 Å². The van der Waals surface area contributed by atoms with E-state index in [1.807, 2.05) is 0 Å². The van der Waals surface area contributed by atoms with Crippen molar-refractivity contribution in [1.29, 1.82) is 0 Å². The summed E-state index contributed by atoms with van der Waals surface area (Å²) in [5.74, 6) is 0. The summed E-state index contributed by atoms with van der Waals surface area (Å²) in [5, 5.41) is 0.